The quantitative estimate of drug-likeness (QED) is 0.898. The number of benzene rings is 1. The van der Waals surface area contributed by atoms with Gasteiger partial charge in [-0.05, 0) is 39.3 Å². The van der Waals surface area contributed by atoms with E-state index in [0.29, 0.717) is 6.54 Å². The lowest BCUT2D eigenvalue weighted by molar-refractivity contribution is 0.164. The summed E-state index contributed by atoms with van der Waals surface area (Å²) in [5.41, 5.74) is 6.38. The summed E-state index contributed by atoms with van der Waals surface area (Å²) in [6, 6.07) is 3.69. The first-order valence-corrected chi connectivity index (χ1v) is 6.36. The molecule has 1 unspecified atom stereocenters. The average Bonchev–Trinajstić information content (AvgIpc) is 2.62. The third-order valence-electron chi connectivity index (χ3n) is 3.87. The van der Waals surface area contributed by atoms with Crippen molar-refractivity contribution in [2.24, 2.45) is 5.73 Å². The van der Waals surface area contributed by atoms with Gasteiger partial charge in [0.25, 0.3) is 0 Å². The largest absolute Gasteiger partial charge is 0.323 e. The topological polar surface area (TPSA) is 29.3 Å². The van der Waals surface area contributed by atoms with Crippen LogP contribution in [0.4, 0.5) is 8.78 Å². The van der Waals surface area contributed by atoms with E-state index < -0.39 is 17.7 Å². The Hall–Kier alpha value is -1.00. The molecule has 2 N–H and O–H groups in total. The lowest BCUT2D eigenvalue weighted by Gasteiger charge is -2.33. The van der Waals surface area contributed by atoms with Crippen molar-refractivity contribution in [3.05, 3.63) is 35.4 Å². The number of halogens is 2. The summed E-state index contributed by atoms with van der Waals surface area (Å²) in [5.74, 6) is -1.65. The number of hydrogen-bond donors (Lipinski definition) is 1. The van der Waals surface area contributed by atoms with Crippen LogP contribution in [0, 0.1) is 11.6 Å². The van der Waals surface area contributed by atoms with E-state index in [2.05, 4.69) is 18.7 Å². The molecule has 18 heavy (non-hydrogen) atoms. The van der Waals surface area contributed by atoms with E-state index in [-0.39, 0.29) is 11.1 Å². The van der Waals surface area contributed by atoms with E-state index in [0.717, 1.165) is 25.5 Å². The van der Waals surface area contributed by atoms with Gasteiger partial charge in [0, 0.05) is 23.7 Å². The maximum Gasteiger partial charge on any atom is 0.163 e. The predicted molar refractivity (Wildman–Crippen MR) is 68.2 cm³/mol. The molecule has 1 aromatic rings. The van der Waals surface area contributed by atoms with Crippen molar-refractivity contribution in [1.29, 1.82) is 0 Å². The smallest absolute Gasteiger partial charge is 0.163 e. The van der Waals surface area contributed by atoms with Crippen LogP contribution in [0.3, 0.4) is 0 Å². The Morgan fingerprint density at radius 2 is 2.11 bits per heavy atom. The van der Waals surface area contributed by atoms with E-state index in [4.69, 9.17) is 5.73 Å². The van der Waals surface area contributed by atoms with Crippen molar-refractivity contribution in [1.82, 2.24) is 4.90 Å². The Morgan fingerprint density at radius 1 is 1.39 bits per heavy atom. The summed E-state index contributed by atoms with van der Waals surface area (Å²) < 4.78 is 26.8. The second-order valence-corrected chi connectivity index (χ2v) is 5.61. The minimum Gasteiger partial charge on any atom is -0.323 e. The van der Waals surface area contributed by atoms with Gasteiger partial charge >= 0.3 is 0 Å². The van der Waals surface area contributed by atoms with Gasteiger partial charge in [0.05, 0.1) is 0 Å². The van der Waals surface area contributed by atoms with E-state index in [1.807, 2.05) is 0 Å². The second kappa shape index (κ2) is 4.94. The lowest BCUT2D eigenvalue weighted by atomic mass is 10.00. The molecule has 0 aromatic heterocycles. The molecule has 100 valence electrons. The molecule has 4 heteroatoms. The first-order valence-electron chi connectivity index (χ1n) is 6.36. The highest BCUT2D eigenvalue weighted by molar-refractivity contribution is 5.22. The number of nitrogens with two attached hydrogens (primary N) is 1. The molecule has 0 amide bonds. The summed E-state index contributed by atoms with van der Waals surface area (Å²) in [7, 11) is 0. The van der Waals surface area contributed by atoms with Gasteiger partial charge in [0.2, 0.25) is 0 Å². The molecule has 0 aliphatic carbocycles. The summed E-state index contributed by atoms with van der Waals surface area (Å²) in [6.07, 6.45) is 2.25. The molecular formula is C14H20F2N2. The number of nitrogens with zero attached hydrogens (tertiary/aromatic N) is 1. The number of hydrogen-bond acceptors (Lipinski definition) is 2. The normalized spacial score (nSPS) is 21.2. The van der Waals surface area contributed by atoms with Crippen molar-refractivity contribution < 1.29 is 8.78 Å². The summed E-state index contributed by atoms with van der Waals surface area (Å²) in [5, 5.41) is 0. The zero-order valence-electron chi connectivity index (χ0n) is 10.9. The Balaban J connectivity index is 2.12. The molecule has 2 nitrogen and oxygen atoms in total. The maximum absolute atomic E-state index is 13.6. The standard InChI is InChI=1S/C14H20F2N2/c1-14(2)7-4-8-18(14)9-12(17)10-5-3-6-11(15)13(10)16/h3,5-6,12H,4,7-9,17H2,1-2H3. The molecule has 0 saturated carbocycles. The van der Waals surface area contributed by atoms with Gasteiger partial charge in [-0.1, -0.05) is 12.1 Å². The van der Waals surface area contributed by atoms with E-state index in [1.54, 1.807) is 6.07 Å². The third-order valence-corrected chi connectivity index (χ3v) is 3.87. The molecule has 1 aliphatic rings. The van der Waals surface area contributed by atoms with Crippen LogP contribution in [-0.4, -0.2) is 23.5 Å². The van der Waals surface area contributed by atoms with E-state index in [1.165, 1.54) is 6.07 Å². The summed E-state index contributed by atoms with van der Waals surface area (Å²) >= 11 is 0. The molecule has 2 rings (SSSR count). The minimum absolute atomic E-state index is 0.0986. The van der Waals surface area contributed by atoms with Gasteiger partial charge in [0.15, 0.2) is 11.6 Å². The fraction of sp³-hybridized carbons (Fsp3) is 0.571. The zero-order valence-corrected chi connectivity index (χ0v) is 10.9. The predicted octanol–water partition coefficient (Wildman–Crippen LogP) is 2.84. The fourth-order valence-electron chi connectivity index (χ4n) is 2.64. The number of rotatable bonds is 3. The highest BCUT2D eigenvalue weighted by Crippen LogP contribution is 2.30. The third kappa shape index (κ3) is 2.54. The highest BCUT2D eigenvalue weighted by atomic mass is 19.2. The first-order chi connectivity index (χ1) is 8.42. The molecule has 1 saturated heterocycles. The zero-order chi connectivity index (χ0) is 13.3. The molecule has 0 spiro atoms. The average molecular weight is 254 g/mol. The minimum atomic E-state index is -0.830. The van der Waals surface area contributed by atoms with Crippen molar-refractivity contribution in [3.63, 3.8) is 0 Å². The van der Waals surface area contributed by atoms with Crippen LogP contribution < -0.4 is 5.73 Å². The van der Waals surface area contributed by atoms with Gasteiger partial charge in [-0.25, -0.2) is 8.78 Å². The van der Waals surface area contributed by atoms with Crippen LogP contribution in [0.15, 0.2) is 18.2 Å². The van der Waals surface area contributed by atoms with E-state index in [9.17, 15) is 8.78 Å². The van der Waals surface area contributed by atoms with Crippen LogP contribution in [0.2, 0.25) is 0 Å². The summed E-state index contributed by atoms with van der Waals surface area (Å²) in [6.45, 7) is 5.86. The van der Waals surface area contributed by atoms with Gasteiger partial charge in [-0.15, -0.1) is 0 Å². The van der Waals surface area contributed by atoms with Gasteiger partial charge < -0.3 is 5.73 Å². The van der Waals surface area contributed by atoms with Crippen LogP contribution in [0.25, 0.3) is 0 Å². The van der Waals surface area contributed by atoms with Crippen LogP contribution in [0.5, 0.6) is 0 Å². The molecule has 0 radical (unpaired) electrons. The Labute approximate surface area is 107 Å². The SMILES string of the molecule is CC1(C)CCCN1CC(N)c1cccc(F)c1F. The summed E-state index contributed by atoms with van der Waals surface area (Å²) in [4.78, 5) is 2.25. The van der Waals surface area contributed by atoms with Crippen molar-refractivity contribution in [3.8, 4) is 0 Å². The Morgan fingerprint density at radius 3 is 2.72 bits per heavy atom. The first kappa shape index (κ1) is 13.4. The van der Waals surface area contributed by atoms with E-state index >= 15 is 0 Å². The molecule has 1 fully saturated rings. The van der Waals surface area contributed by atoms with Crippen LogP contribution in [-0.2, 0) is 0 Å². The van der Waals surface area contributed by atoms with Gasteiger partial charge in [-0.2, -0.15) is 0 Å². The van der Waals surface area contributed by atoms with Crippen LogP contribution in [0.1, 0.15) is 38.3 Å². The Bertz CT molecular complexity index is 432. The van der Waals surface area contributed by atoms with Gasteiger partial charge in [-0.3, -0.25) is 4.90 Å². The molecule has 1 heterocycles. The molecule has 1 aliphatic heterocycles. The Kier molecular flexibility index (Phi) is 3.69. The second-order valence-electron chi connectivity index (χ2n) is 5.61. The molecule has 1 atom stereocenters. The molecule has 1 aromatic carbocycles. The number of likely N-dealkylation sites (tertiary alicyclic amines) is 1. The van der Waals surface area contributed by atoms with Crippen molar-refractivity contribution in [2.45, 2.75) is 38.3 Å². The lowest BCUT2D eigenvalue weighted by Crippen LogP contribution is -2.42. The van der Waals surface area contributed by atoms with Gasteiger partial charge in [0.1, 0.15) is 0 Å². The van der Waals surface area contributed by atoms with Crippen molar-refractivity contribution >= 4 is 0 Å². The van der Waals surface area contributed by atoms with Crippen molar-refractivity contribution in [2.75, 3.05) is 13.1 Å². The molecular weight excluding hydrogens is 234 g/mol. The maximum atomic E-state index is 13.6. The monoisotopic (exact) mass is 254 g/mol. The molecule has 0 bridgehead atoms. The van der Waals surface area contributed by atoms with Crippen LogP contribution >= 0.6 is 0 Å². The highest BCUT2D eigenvalue weighted by Gasteiger charge is 2.33. The fourth-order valence-corrected chi connectivity index (χ4v) is 2.64.